The van der Waals surface area contributed by atoms with Crippen LogP contribution in [-0.2, 0) is 0 Å². The molecule has 142 valence electrons. The van der Waals surface area contributed by atoms with Gasteiger partial charge in [0, 0.05) is 11.3 Å². The quantitative estimate of drug-likeness (QED) is 0.403. The van der Waals surface area contributed by atoms with E-state index >= 15 is 0 Å². The Morgan fingerprint density at radius 1 is 0.852 bits per heavy atom. The van der Waals surface area contributed by atoms with Crippen molar-refractivity contribution < 1.29 is 23.4 Å². The van der Waals surface area contributed by atoms with Gasteiger partial charge in [0.2, 0.25) is 5.89 Å². The number of hydrogen-bond acceptors (Lipinski definition) is 8. The van der Waals surface area contributed by atoms with Crippen LogP contribution in [0.4, 0.5) is 0 Å². The number of methoxy groups -OCH3 is 3. The van der Waals surface area contributed by atoms with Gasteiger partial charge < -0.3 is 23.4 Å². The zero-order chi connectivity index (χ0) is 19.1. The van der Waals surface area contributed by atoms with Gasteiger partial charge in [0.1, 0.15) is 11.5 Å². The zero-order valence-electron chi connectivity index (χ0n) is 15.3. The van der Waals surface area contributed by atoms with Gasteiger partial charge in [-0.25, -0.2) is 0 Å². The molecule has 0 radical (unpaired) electrons. The summed E-state index contributed by atoms with van der Waals surface area (Å²) in [6.07, 6.45) is 0. The molecule has 7 nitrogen and oxygen atoms in total. The second kappa shape index (κ2) is 9.18. The van der Waals surface area contributed by atoms with E-state index in [1.165, 1.54) is 11.8 Å². The Morgan fingerprint density at radius 2 is 1.59 bits per heavy atom. The van der Waals surface area contributed by atoms with Gasteiger partial charge in [0.25, 0.3) is 5.22 Å². The minimum absolute atomic E-state index is 0.425. The summed E-state index contributed by atoms with van der Waals surface area (Å²) in [4.78, 5) is 0. The van der Waals surface area contributed by atoms with E-state index in [2.05, 4.69) is 10.2 Å². The molecule has 0 bridgehead atoms. The van der Waals surface area contributed by atoms with Crippen LogP contribution in [0.15, 0.2) is 52.1 Å². The van der Waals surface area contributed by atoms with Crippen molar-refractivity contribution in [3.05, 3.63) is 42.5 Å². The first kappa shape index (κ1) is 18.9. The number of ether oxygens (including phenoxy) is 4. The maximum absolute atomic E-state index is 5.70. The maximum Gasteiger partial charge on any atom is 0.276 e. The number of thioether (sulfide) groups is 1. The third kappa shape index (κ3) is 4.85. The summed E-state index contributed by atoms with van der Waals surface area (Å²) < 4.78 is 27.0. The summed E-state index contributed by atoms with van der Waals surface area (Å²) in [5, 5.41) is 8.63. The van der Waals surface area contributed by atoms with Crippen LogP contribution in [0.5, 0.6) is 23.0 Å². The molecule has 0 aliphatic heterocycles. The molecule has 0 fully saturated rings. The molecular weight excluding hydrogens is 368 g/mol. The second-order valence-electron chi connectivity index (χ2n) is 5.32. The van der Waals surface area contributed by atoms with E-state index < -0.39 is 0 Å². The third-order valence-corrected chi connectivity index (χ3v) is 4.46. The third-order valence-electron chi connectivity index (χ3n) is 3.67. The topological polar surface area (TPSA) is 75.8 Å². The highest BCUT2D eigenvalue weighted by Gasteiger charge is 2.12. The van der Waals surface area contributed by atoms with Crippen LogP contribution >= 0.6 is 11.8 Å². The SMILES string of the molecule is COc1ccc(OCCSc2nnc(-c3ccc(OC)c(OC)c3)o2)cc1. The second-order valence-corrected chi connectivity index (χ2v) is 6.36. The molecule has 0 amide bonds. The lowest BCUT2D eigenvalue weighted by Crippen LogP contribution is -1.99. The van der Waals surface area contributed by atoms with Gasteiger partial charge >= 0.3 is 0 Å². The minimum atomic E-state index is 0.425. The average molecular weight is 388 g/mol. The summed E-state index contributed by atoms with van der Waals surface area (Å²) in [5.74, 6) is 3.94. The maximum atomic E-state index is 5.70. The fraction of sp³-hybridized carbons (Fsp3) is 0.263. The molecule has 1 heterocycles. The molecule has 0 saturated carbocycles. The summed E-state index contributed by atoms with van der Waals surface area (Å²) >= 11 is 1.43. The fourth-order valence-corrected chi connectivity index (χ4v) is 2.89. The highest BCUT2D eigenvalue weighted by molar-refractivity contribution is 7.99. The lowest BCUT2D eigenvalue weighted by molar-refractivity contribution is 0.342. The monoisotopic (exact) mass is 388 g/mol. The van der Waals surface area contributed by atoms with Crippen LogP contribution in [0.3, 0.4) is 0 Å². The molecule has 3 aromatic rings. The van der Waals surface area contributed by atoms with Crippen LogP contribution in [0, 0.1) is 0 Å². The number of nitrogens with zero attached hydrogens (tertiary/aromatic N) is 2. The van der Waals surface area contributed by atoms with E-state index in [1.54, 1.807) is 33.5 Å². The van der Waals surface area contributed by atoms with Crippen molar-refractivity contribution in [2.75, 3.05) is 33.7 Å². The van der Waals surface area contributed by atoms with Crippen LogP contribution in [0.2, 0.25) is 0 Å². The van der Waals surface area contributed by atoms with Gasteiger partial charge in [0.05, 0.1) is 27.9 Å². The largest absolute Gasteiger partial charge is 0.497 e. The standard InChI is InChI=1S/C19H20N2O5S/c1-22-14-5-7-15(8-6-14)25-10-11-27-19-21-20-18(26-19)13-4-9-16(23-2)17(12-13)24-3/h4-9,12H,10-11H2,1-3H3. The fourth-order valence-electron chi connectivity index (χ4n) is 2.31. The number of benzene rings is 2. The van der Waals surface area contributed by atoms with Gasteiger partial charge in [-0.15, -0.1) is 10.2 Å². The van der Waals surface area contributed by atoms with Gasteiger partial charge in [-0.1, -0.05) is 11.8 Å². The normalized spacial score (nSPS) is 10.5. The smallest absolute Gasteiger partial charge is 0.276 e. The van der Waals surface area contributed by atoms with Gasteiger partial charge in [-0.2, -0.15) is 0 Å². The van der Waals surface area contributed by atoms with E-state index in [0.29, 0.717) is 35.0 Å². The molecule has 8 heteroatoms. The Hall–Kier alpha value is -2.87. The molecule has 27 heavy (non-hydrogen) atoms. The molecule has 3 rings (SSSR count). The molecule has 0 aliphatic carbocycles. The van der Waals surface area contributed by atoms with E-state index in [-0.39, 0.29) is 0 Å². The predicted octanol–water partition coefficient (Wildman–Crippen LogP) is 3.93. The first-order valence-corrected chi connectivity index (χ1v) is 9.17. The Labute approximate surface area is 161 Å². The van der Waals surface area contributed by atoms with Crippen LogP contribution < -0.4 is 18.9 Å². The first-order chi connectivity index (χ1) is 13.2. The minimum Gasteiger partial charge on any atom is -0.497 e. The molecular formula is C19H20N2O5S. The first-order valence-electron chi connectivity index (χ1n) is 8.19. The molecule has 0 atom stereocenters. The van der Waals surface area contributed by atoms with Crippen LogP contribution in [-0.4, -0.2) is 43.9 Å². The molecule has 0 aliphatic rings. The highest BCUT2D eigenvalue weighted by Crippen LogP contribution is 2.32. The van der Waals surface area contributed by atoms with Crippen molar-refractivity contribution in [1.29, 1.82) is 0 Å². The molecule has 1 aromatic heterocycles. The lowest BCUT2D eigenvalue weighted by Gasteiger charge is -2.07. The Kier molecular flexibility index (Phi) is 6.43. The molecule has 0 unspecified atom stereocenters. The zero-order valence-corrected chi connectivity index (χ0v) is 16.1. The highest BCUT2D eigenvalue weighted by atomic mass is 32.2. The molecule has 2 aromatic carbocycles. The van der Waals surface area contributed by atoms with E-state index in [4.69, 9.17) is 23.4 Å². The summed E-state index contributed by atoms with van der Waals surface area (Å²) in [5.41, 5.74) is 0.765. The average Bonchev–Trinajstić information content (AvgIpc) is 3.20. The van der Waals surface area contributed by atoms with Crippen LogP contribution in [0.25, 0.3) is 11.5 Å². The van der Waals surface area contributed by atoms with E-state index in [0.717, 1.165) is 17.1 Å². The molecule has 0 N–H and O–H groups in total. The number of rotatable bonds is 9. The number of aromatic nitrogens is 2. The Balaban J connectivity index is 1.53. The lowest BCUT2D eigenvalue weighted by atomic mass is 10.2. The van der Waals surface area contributed by atoms with Gasteiger partial charge in [-0.3, -0.25) is 0 Å². The van der Waals surface area contributed by atoms with Crippen molar-refractivity contribution in [2.24, 2.45) is 0 Å². The molecule has 0 spiro atoms. The summed E-state index contributed by atoms with van der Waals surface area (Å²) in [6, 6.07) is 12.9. The molecule has 0 saturated heterocycles. The van der Waals surface area contributed by atoms with Crippen molar-refractivity contribution in [1.82, 2.24) is 10.2 Å². The van der Waals surface area contributed by atoms with Gasteiger partial charge in [0.15, 0.2) is 11.5 Å². The van der Waals surface area contributed by atoms with Crippen molar-refractivity contribution in [3.63, 3.8) is 0 Å². The summed E-state index contributed by atoms with van der Waals surface area (Å²) in [6.45, 7) is 0.519. The number of hydrogen-bond donors (Lipinski definition) is 0. The van der Waals surface area contributed by atoms with Gasteiger partial charge in [-0.05, 0) is 42.5 Å². The predicted molar refractivity (Wildman–Crippen MR) is 102 cm³/mol. The van der Waals surface area contributed by atoms with Crippen molar-refractivity contribution in [2.45, 2.75) is 5.22 Å². The van der Waals surface area contributed by atoms with Crippen LogP contribution in [0.1, 0.15) is 0 Å². The Bertz CT molecular complexity index is 867. The summed E-state index contributed by atoms with van der Waals surface area (Å²) in [7, 11) is 4.81. The van der Waals surface area contributed by atoms with E-state index in [9.17, 15) is 0 Å². The van der Waals surface area contributed by atoms with Crippen molar-refractivity contribution in [3.8, 4) is 34.5 Å². The van der Waals surface area contributed by atoms with E-state index in [1.807, 2.05) is 30.3 Å². The Morgan fingerprint density at radius 3 is 2.30 bits per heavy atom. The van der Waals surface area contributed by atoms with Crippen molar-refractivity contribution >= 4 is 11.8 Å².